The first-order valence-electron chi connectivity index (χ1n) is 5.84. The monoisotopic (exact) mass is 219 g/mol. The zero-order chi connectivity index (χ0) is 11.5. The maximum absolute atomic E-state index is 11.9. The van der Waals surface area contributed by atoms with E-state index in [1.807, 2.05) is 13.0 Å². The van der Waals surface area contributed by atoms with Gasteiger partial charge in [-0.3, -0.25) is 4.79 Å². The Kier molecular flexibility index (Phi) is 3.13. The van der Waals surface area contributed by atoms with Crippen LogP contribution in [0.1, 0.15) is 48.0 Å². The van der Waals surface area contributed by atoms with Crippen LogP contribution in [0.4, 0.5) is 0 Å². The van der Waals surface area contributed by atoms with Crippen LogP contribution in [-0.2, 0) is 0 Å². The standard InChI is InChI=1S/C13H17NO2/c1-2-8-14-13(16)12-10(9-6-7-9)4-3-5-11(12)15/h3-5,9,15H,2,6-8H2,1H3,(H,14,16). The third-order valence-electron chi connectivity index (χ3n) is 2.85. The fourth-order valence-electron chi connectivity index (χ4n) is 1.87. The van der Waals surface area contributed by atoms with Crippen molar-refractivity contribution in [1.29, 1.82) is 0 Å². The van der Waals surface area contributed by atoms with Crippen LogP contribution in [0.2, 0.25) is 0 Å². The molecule has 3 nitrogen and oxygen atoms in total. The molecule has 0 aromatic heterocycles. The summed E-state index contributed by atoms with van der Waals surface area (Å²) in [6, 6.07) is 5.32. The van der Waals surface area contributed by atoms with E-state index < -0.39 is 0 Å². The molecule has 0 radical (unpaired) electrons. The molecule has 0 saturated heterocycles. The maximum Gasteiger partial charge on any atom is 0.255 e. The second-order valence-electron chi connectivity index (χ2n) is 4.27. The lowest BCUT2D eigenvalue weighted by molar-refractivity contribution is 0.0950. The summed E-state index contributed by atoms with van der Waals surface area (Å²) >= 11 is 0. The number of hydrogen-bond donors (Lipinski definition) is 2. The van der Waals surface area contributed by atoms with Gasteiger partial charge in [0, 0.05) is 6.54 Å². The van der Waals surface area contributed by atoms with E-state index in [1.165, 1.54) is 0 Å². The SMILES string of the molecule is CCCNC(=O)c1c(O)cccc1C1CC1. The molecule has 0 aliphatic heterocycles. The highest BCUT2D eigenvalue weighted by Gasteiger charge is 2.29. The van der Waals surface area contributed by atoms with Crippen molar-refractivity contribution in [3.8, 4) is 5.75 Å². The topological polar surface area (TPSA) is 49.3 Å². The first kappa shape index (κ1) is 11.0. The third kappa shape index (κ3) is 2.18. The number of rotatable bonds is 4. The molecular weight excluding hydrogens is 202 g/mol. The van der Waals surface area contributed by atoms with Gasteiger partial charge < -0.3 is 10.4 Å². The molecular formula is C13H17NO2. The van der Waals surface area contributed by atoms with Gasteiger partial charge in [0.2, 0.25) is 0 Å². The Bertz CT molecular complexity index is 397. The maximum atomic E-state index is 11.9. The Morgan fingerprint density at radius 2 is 2.25 bits per heavy atom. The molecule has 0 atom stereocenters. The van der Waals surface area contributed by atoms with Gasteiger partial charge in [-0.25, -0.2) is 0 Å². The summed E-state index contributed by atoms with van der Waals surface area (Å²) in [6.07, 6.45) is 3.15. The molecule has 0 spiro atoms. The van der Waals surface area contributed by atoms with E-state index in [0.717, 1.165) is 24.8 Å². The van der Waals surface area contributed by atoms with E-state index in [4.69, 9.17) is 0 Å². The van der Waals surface area contributed by atoms with Gasteiger partial charge in [-0.2, -0.15) is 0 Å². The minimum Gasteiger partial charge on any atom is -0.507 e. The number of benzene rings is 1. The Hall–Kier alpha value is -1.51. The number of carbonyl (C=O) groups excluding carboxylic acids is 1. The number of carbonyl (C=O) groups is 1. The molecule has 1 aromatic carbocycles. The molecule has 2 rings (SSSR count). The van der Waals surface area contributed by atoms with Gasteiger partial charge in [-0.15, -0.1) is 0 Å². The molecule has 1 aliphatic rings. The van der Waals surface area contributed by atoms with Crippen molar-refractivity contribution < 1.29 is 9.90 Å². The Labute approximate surface area is 95.5 Å². The molecule has 2 N–H and O–H groups in total. The minimum atomic E-state index is -0.151. The summed E-state index contributed by atoms with van der Waals surface area (Å²) < 4.78 is 0. The molecule has 3 heteroatoms. The van der Waals surface area contributed by atoms with E-state index in [2.05, 4.69) is 5.32 Å². The molecule has 1 aromatic rings. The molecule has 1 amide bonds. The van der Waals surface area contributed by atoms with E-state index >= 15 is 0 Å². The van der Waals surface area contributed by atoms with Crippen molar-refractivity contribution in [2.24, 2.45) is 0 Å². The van der Waals surface area contributed by atoms with Crippen LogP contribution >= 0.6 is 0 Å². The fraction of sp³-hybridized carbons (Fsp3) is 0.462. The van der Waals surface area contributed by atoms with E-state index in [1.54, 1.807) is 12.1 Å². The highest BCUT2D eigenvalue weighted by atomic mass is 16.3. The van der Waals surface area contributed by atoms with Gasteiger partial charge in [0.05, 0.1) is 5.56 Å². The van der Waals surface area contributed by atoms with Gasteiger partial charge in [0.1, 0.15) is 5.75 Å². The average molecular weight is 219 g/mol. The summed E-state index contributed by atoms with van der Waals surface area (Å²) in [7, 11) is 0. The van der Waals surface area contributed by atoms with Crippen molar-refractivity contribution >= 4 is 5.91 Å². The Morgan fingerprint density at radius 1 is 1.50 bits per heavy atom. The second-order valence-corrected chi connectivity index (χ2v) is 4.27. The fourth-order valence-corrected chi connectivity index (χ4v) is 1.87. The summed E-state index contributed by atoms with van der Waals surface area (Å²) in [6.45, 7) is 2.66. The highest BCUT2D eigenvalue weighted by Crippen LogP contribution is 2.43. The second kappa shape index (κ2) is 4.56. The number of phenols is 1. The smallest absolute Gasteiger partial charge is 0.255 e. The highest BCUT2D eigenvalue weighted by molar-refractivity contribution is 5.98. The van der Waals surface area contributed by atoms with E-state index in [0.29, 0.717) is 18.0 Å². The normalized spacial score (nSPS) is 14.8. The largest absolute Gasteiger partial charge is 0.507 e. The Balaban J connectivity index is 2.26. The van der Waals surface area contributed by atoms with Crippen molar-refractivity contribution in [1.82, 2.24) is 5.32 Å². The van der Waals surface area contributed by atoms with Crippen LogP contribution in [-0.4, -0.2) is 17.6 Å². The summed E-state index contributed by atoms with van der Waals surface area (Å²) in [5, 5.41) is 12.6. The number of nitrogens with one attached hydrogen (secondary N) is 1. The van der Waals surface area contributed by atoms with Crippen molar-refractivity contribution in [2.45, 2.75) is 32.1 Å². The van der Waals surface area contributed by atoms with Crippen molar-refractivity contribution in [3.63, 3.8) is 0 Å². The number of phenolic OH excluding ortho intramolecular Hbond substituents is 1. The first-order chi connectivity index (χ1) is 7.74. The Morgan fingerprint density at radius 3 is 2.88 bits per heavy atom. The predicted molar refractivity (Wildman–Crippen MR) is 62.7 cm³/mol. The van der Waals surface area contributed by atoms with Crippen LogP contribution in [0.25, 0.3) is 0 Å². The lowest BCUT2D eigenvalue weighted by atomic mass is 10.0. The molecule has 86 valence electrons. The van der Waals surface area contributed by atoms with Crippen molar-refractivity contribution in [3.05, 3.63) is 29.3 Å². The number of hydrogen-bond acceptors (Lipinski definition) is 2. The van der Waals surface area contributed by atoms with Gasteiger partial charge in [0.15, 0.2) is 0 Å². The molecule has 1 saturated carbocycles. The number of aromatic hydroxyl groups is 1. The molecule has 16 heavy (non-hydrogen) atoms. The third-order valence-corrected chi connectivity index (χ3v) is 2.85. The average Bonchev–Trinajstić information content (AvgIpc) is 3.09. The van der Waals surface area contributed by atoms with E-state index in [9.17, 15) is 9.90 Å². The predicted octanol–water partition coefficient (Wildman–Crippen LogP) is 2.41. The van der Waals surface area contributed by atoms with Gasteiger partial charge >= 0.3 is 0 Å². The molecule has 0 unspecified atom stereocenters. The van der Waals surface area contributed by atoms with Crippen LogP contribution in [0, 0.1) is 0 Å². The lowest BCUT2D eigenvalue weighted by Crippen LogP contribution is -2.25. The quantitative estimate of drug-likeness (QED) is 0.817. The van der Waals surface area contributed by atoms with Crippen molar-refractivity contribution in [2.75, 3.05) is 6.54 Å². The first-order valence-corrected chi connectivity index (χ1v) is 5.84. The minimum absolute atomic E-state index is 0.0954. The summed E-state index contributed by atoms with van der Waals surface area (Å²) in [4.78, 5) is 11.9. The number of amides is 1. The van der Waals surface area contributed by atoms with Crippen LogP contribution < -0.4 is 5.32 Å². The summed E-state index contributed by atoms with van der Waals surface area (Å²) in [5.74, 6) is 0.411. The van der Waals surface area contributed by atoms with Gasteiger partial charge in [-0.05, 0) is 36.8 Å². The molecule has 1 aliphatic carbocycles. The lowest BCUT2D eigenvalue weighted by Gasteiger charge is -2.10. The molecule has 1 fully saturated rings. The van der Waals surface area contributed by atoms with E-state index in [-0.39, 0.29) is 11.7 Å². The molecule has 0 heterocycles. The van der Waals surface area contributed by atoms with Crippen LogP contribution in [0.3, 0.4) is 0 Å². The van der Waals surface area contributed by atoms with Crippen LogP contribution in [0.15, 0.2) is 18.2 Å². The summed E-state index contributed by atoms with van der Waals surface area (Å²) in [5.41, 5.74) is 1.46. The van der Waals surface area contributed by atoms with Gasteiger partial charge in [-0.1, -0.05) is 19.1 Å². The zero-order valence-corrected chi connectivity index (χ0v) is 9.49. The van der Waals surface area contributed by atoms with Gasteiger partial charge in [0.25, 0.3) is 5.91 Å². The van der Waals surface area contributed by atoms with Crippen LogP contribution in [0.5, 0.6) is 5.75 Å². The zero-order valence-electron chi connectivity index (χ0n) is 9.49. The molecule has 0 bridgehead atoms.